The van der Waals surface area contributed by atoms with Gasteiger partial charge in [-0.15, -0.1) is 5.10 Å². The first-order valence-corrected chi connectivity index (χ1v) is 11.3. The molecule has 1 saturated heterocycles. The smallest absolute Gasteiger partial charge is 0.407 e. The zero-order valence-electron chi connectivity index (χ0n) is 19.3. The largest absolute Gasteiger partial charge is 0.453 e. The standard InChI is InChI=1S/C22H23ClN10O2/c1-4-26-19-20-27-9-14(8-25)33(20)31-21(30-19)28-15-5-13(7-24)6-17(18(15)23)32-10-12(2)16(11-32)29-22(34)35-3/h5-6,9,12,16H,4,10-11H2,1-3H3,(H,29,34)(H2,26,28,30,31)/t12-,16+/m1/s1. The summed E-state index contributed by atoms with van der Waals surface area (Å²) >= 11 is 6.78. The van der Waals surface area contributed by atoms with Crippen molar-refractivity contribution in [3.8, 4) is 12.1 Å². The topological polar surface area (TPSA) is 156 Å². The van der Waals surface area contributed by atoms with E-state index in [1.54, 1.807) is 12.1 Å². The normalized spacial score (nSPS) is 17.0. The number of carbonyl (C=O) groups excluding carboxylic acids is 1. The lowest BCUT2D eigenvalue weighted by molar-refractivity contribution is 0.165. The number of fused-ring (bicyclic) bond motifs is 1. The molecule has 12 nitrogen and oxygen atoms in total. The Morgan fingerprint density at radius 1 is 1.31 bits per heavy atom. The molecule has 3 heterocycles. The molecule has 1 aliphatic rings. The number of ether oxygens (including phenoxy) is 1. The number of benzene rings is 1. The van der Waals surface area contributed by atoms with Crippen LogP contribution < -0.4 is 20.9 Å². The van der Waals surface area contributed by atoms with Crippen LogP contribution in [0.15, 0.2) is 18.3 Å². The van der Waals surface area contributed by atoms with E-state index in [4.69, 9.17) is 16.3 Å². The second-order valence-electron chi connectivity index (χ2n) is 8.02. The highest BCUT2D eigenvalue weighted by molar-refractivity contribution is 6.36. The highest BCUT2D eigenvalue weighted by atomic mass is 35.5. The molecule has 0 saturated carbocycles. The van der Waals surface area contributed by atoms with Gasteiger partial charge in [-0.2, -0.15) is 20.0 Å². The van der Waals surface area contributed by atoms with E-state index in [2.05, 4.69) is 43.2 Å². The molecule has 35 heavy (non-hydrogen) atoms. The summed E-state index contributed by atoms with van der Waals surface area (Å²) in [5.74, 6) is 0.752. The van der Waals surface area contributed by atoms with Crippen molar-refractivity contribution >= 4 is 46.5 Å². The Morgan fingerprint density at radius 3 is 2.80 bits per heavy atom. The third-order valence-electron chi connectivity index (χ3n) is 5.69. The Hall–Kier alpha value is -4.29. The van der Waals surface area contributed by atoms with E-state index in [1.165, 1.54) is 17.8 Å². The minimum Gasteiger partial charge on any atom is -0.453 e. The zero-order valence-corrected chi connectivity index (χ0v) is 20.1. The summed E-state index contributed by atoms with van der Waals surface area (Å²) < 4.78 is 6.11. The quantitative estimate of drug-likeness (QED) is 0.465. The molecule has 0 unspecified atom stereocenters. The number of nitrogens with one attached hydrogen (secondary N) is 3. The zero-order chi connectivity index (χ0) is 25.1. The Bertz CT molecular complexity index is 1360. The first-order chi connectivity index (χ1) is 16.9. The minimum atomic E-state index is -0.497. The molecular formula is C22H23ClN10O2. The first-order valence-electron chi connectivity index (χ1n) is 10.9. The number of aromatic nitrogens is 4. The van der Waals surface area contributed by atoms with E-state index >= 15 is 0 Å². The number of imidazole rings is 1. The summed E-state index contributed by atoms with van der Waals surface area (Å²) in [7, 11) is 1.32. The molecule has 13 heteroatoms. The van der Waals surface area contributed by atoms with Gasteiger partial charge in [0.25, 0.3) is 0 Å². The molecule has 0 radical (unpaired) electrons. The molecule has 0 bridgehead atoms. The van der Waals surface area contributed by atoms with Gasteiger partial charge >= 0.3 is 6.09 Å². The van der Waals surface area contributed by atoms with Gasteiger partial charge in [-0.3, -0.25) is 0 Å². The van der Waals surface area contributed by atoms with E-state index < -0.39 is 6.09 Å². The molecule has 2 aromatic heterocycles. The number of amides is 1. The molecule has 1 aliphatic heterocycles. The van der Waals surface area contributed by atoms with Gasteiger partial charge in [-0.1, -0.05) is 18.5 Å². The van der Waals surface area contributed by atoms with Gasteiger partial charge in [0, 0.05) is 19.6 Å². The number of halogens is 1. The van der Waals surface area contributed by atoms with Crippen molar-refractivity contribution in [3.05, 3.63) is 34.6 Å². The first kappa shape index (κ1) is 23.9. The van der Waals surface area contributed by atoms with Crippen LogP contribution in [-0.4, -0.2) is 58.5 Å². The maximum Gasteiger partial charge on any atom is 0.407 e. The number of alkyl carbamates (subject to hydrolysis) is 1. The number of anilines is 4. The monoisotopic (exact) mass is 494 g/mol. The molecule has 1 aromatic carbocycles. The van der Waals surface area contributed by atoms with Crippen LogP contribution in [0.4, 0.5) is 27.9 Å². The van der Waals surface area contributed by atoms with Crippen molar-refractivity contribution in [2.75, 3.05) is 42.3 Å². The Kier molecular flexibility index (Phi) is 6.75. The minimum absolute atomic E-state index is 0.131. The van der Waals surface area contributed by atoms with Crippen LogP contribution in [0, 0.1) is 28.6 Å². The molecule has 4 rings (SSSR count). The Morgan fingerprint density at radius 2 is 2.11 bits per heavy atom. The number of nitriles is 2. The van der Waals surface area contributed by atoms with E-state index in [1.807, 2.05) is 18.7 Å². The lowest BCUT2D eigenvalue weighted by Gasteiger charge is -2.22. The van der Waals surface area contributed by atoms with Gasteiger partial charge in [-0.25, -0.2) is 9.78 Å². The average molecular weight is 495 g/mol. The van der Waals surface area contributed by atoms with Gasteiger partial charge in [0.15, 0.2) is 17.2 Å². The van der Waals surface area contributed by atoms with E-state index in [0.717, 1.165) is 0 Å². The summed E-state index contributed by atoms with van der Waals surface area (Å²) in [5, 5.41) is 32.8. The summed E-state index contributed by atoms with van der Waals surface area (Å²) in [4.78, 5) is 22.4. The van der Waals surface area contributed by atoms with Gasteiger partial charge in [0.05, 0.1) is 47.4 Å². The van der Waals surface area contributed by atoms with Crippen LogP contribution in [0.2, 0.25) is 5.02 Å². The fourth-order valence-corrected chi connectivity index (χ4v) is 4.25. The molecule has 1 fully saturated rings. The number of carbonyl (C=O) groups is 1. The summed E-state index contributed by atoms with van der Waals surface area (Å²) in [6, 6.07) is 7.38. The third-order valence-corrected chi connectivity index (χ3v) is 6.09. The second kappa shape index (κ2) is 9.91. The van der Waals surface area contributed by atoms with Crippen molar-refractivity contribution < 1.29 is 9.53 Å². The van der Waals surface area contributed by atoms with Crippen molar-refractivity contribution in [2.45, 2.75) is 19.9 Å². The number of rotatable bonds is 6. The van der Waals surface area contributed by atoms with Crippen LogP contribution in [0.25, 0.3) is 5.65 Å². The van der Waals surface area contributed by atoms with Gasteiger partial charge in [0.1, 0.15) is 6.07 Å². The third kappa shape index (κ3) is 4.69. The van der Waals surface area contributed by atoms with Crippen molar-refractivity contribution in [1.82, 2.24) is 24.9 Å². The summed E-state index contributed by atoms with van der Waals surface area (Å²) in [6.07, 6.45) is 0.923. The maximum absolute atomic E-state index is 11.7. The average Bonchev–Trinajstić information content (AvgIpc) is 3.43. The van der Waals surface area contributed by atoms with E-state index in [9.17, 15) is 15.3 Å². The molecule has 3 aromatic rings. The number of methoxy groups -OCH3 is 1. The van der Waals surface area contributed by atoms with Crippen molar-refractivity contribution in [2.24, 2.45) is 5.92 Å². The van der Waals surface area contributed by atoms with Gasteiger partial charge in [0.2, 0.25) is 5.95 Å². The second-order valence-corrected chi connectivity index (χ2v) is 8.40. The molecule has 3 N–H and O–H groups in total. The van der Waals surface area contributed by atoms with Crippen LogP contribution in [0.5, 0.6) is 0 Å². The molecule has 1 amide bonds. The van der Waals surface area contributed by atoms with Crippen molar-refractivity contribution in [3.63, 3.8) is 0 Å². The molecule has 0 spiro atoms. The molecule has 0 aliphatic carbocycles. The lowest BCUT2D eigenvalue weighted by atomic mass is 10.1. The van der Waals surface area contributed by atoms with Gasteiger partial charge < -0.3 is 25.6 Å². The molecular weight excluding hydrogens is 472 g/mol. The number of hydrogen-bond acceptors (Lipinski definition) is 10. The van der Waals surface area contributed by atoms with Gasteiger partial charge in [-0.05, 0) is 25.0 Å². The summed E-state index contributed by atoms with van der Waals surface area (Å²) in [6.45, 7) is 5.64. The van der Waals surface area contributed by atoms with Crippen LogP contribution in [0.1, 0.15) is 25.1 Å². The van der Waals surface area contributed by atoms with E-state index in [0.29, 0.717) is 53.1 Å². The SMILES string of the molecule is CCNc1nc(Nc2cc(C#N)cc(N3C[C@@H](C)[C@@H](NC(=O)OC)C3)c2Cl)nn2c(C#N)cnc12. The highest BCUT2D eigenvalue weighted by Gasteiger charge is 2.32. The highest BCUT2D eigenvalue weighted by Crippen LogP contribution is 2.38. The Labute approximate surface area is 206 Å². The fourth-order valence-electron chi connectivity index (χ4n) is 3.97. The lowest BCUT2D eigenvalue weighted by Crippen LogP contribution is -2.39. The van der Waals surface area contributed by atoms with E-state index in [-0.39, 0.29) is 23.6 Å². The maximum atomic E-state index is 11.7. The van der Waals surface area contributed by atoms with Crippen molar-refractivity contribution in [1.29, 1.82) is 10.5 Å². The Balaban J connectivity index is 1.70. The van der Waals surface area contributed by atoms with Crippen LogP contribution in [0.3, 0.4) is 0 Å². The number of nitrogens with zero attached hydrogens (tertiary/aromatic N) is 7. The predicted octanol–water partition coefficient (Wildman–Crippen LogP) is 2.88. The summed E-state index contributed by atoms with van der Waals surface area (Å²) in [5.41, 5.74) is 2.12. The van der Waals surface area contributed by atoms with Crippen LogP contribution >= 0.6 is 11.6 Å². The van der Waals surface area contributed by atoms with Crippen LogP contribution in [-0.2, 0) is 4.74 Å². The molecule has 180 valence electrons. The molecule has 2 atom stereocenters. The predicted molar refractivity (Wildman–Crippen MR) is 130 cm³/mol. The number of hydrogen-bond donors (Lipinski definition) is 3. The fraction of sp³-hybridized carbons (Fsp3) is 0.364.